The van der Waals surface area contributed by atoms with E-state index in [9.17, 15) is 14.4 Å². The number of aromatic nitrogens is 2. The van der Waals surface area contributed by atoms with Crippen molar-refractivity contribution in [3.8, 4) is 10.6 Å². The number of aryl methyl sites for hydroxylation is 1. The van der Waals surface area contributed by atoms with E-state index in [0.29, 0.717) is 37.1 Å². The fourth-order valence-corrected chi connectivity index (χ4v) is 4.71. The lowest BCUT2D eigenvalue weighted by molar-refractivity contribution is 0.0910. The molecular formula is C24H25N3O3S. The van der Waals surface area contributed by atoms with Gasteiger partial charge in [-0.05, 0) is 24.8 Å². The number of nitrogens with zero attached hydrogens (tertiary/aromatic N) is 1. The van der Waals surface area contributed by atoms with E-state index in [0.717, 1.165) is 16.3 Å². The lowest BCUT2D eigenvalue weighted by Gasteiger charge is -2.29. The maximum atomic E-state index is 12.6. The fourth-order valence-electron chi connectivity index (χ4n) is 3.85. The van der Waals surface area contributed by atoms with Crippen LogP contribution in [0.2, 0.25) is 0 Å². The number of benzene rings is 1. The van der Waals surface area contributed by atoms with Gasteiger partial charge in [-0.15, -0.1) is 11.3 Å². The molecule has 7 heteroatoms. The average Bonchev–Trinajstić information content (AvgIpc) is 3.16. The summed E-state index contributed by atoms with van der Waals surface area (Å²) in [5, 5.41) is 5.70. The topological polar surface area (TPSA) is 91.9 Å². The van der Waals surface area contributed by atoms with Crippen LogP contribution in [0.25, 0.3) is 10.6 Å². The molecule has 0 unspecified atom stereocenters. The number of hydrogen-bond donors (Lipinski definition) is 2. The lowest BCUT2D eigenvalue weighted by atomic mass is 9.75. The number of carbonyl (C=O) groups is 2. The smallest absolute Gasteiger partial charge is 0.261 e. The number of nitrogens with one attached hydrogen (secondary N) is 2. The molecule has 0 bridgehead atoms. The van der Waals surface area contributed by atoms with Gasteiger partial charge >= 0.3 is 0 Å². The molecule has 6 nitrogen and oxygen atoms in total. The standard InChI is InChI=1S/C24H25N3O3S/c1-14-4-6-15(7-5-14)23-26-16(13-31-23)8-9-25-21(29)18-10-17-19(27-22(18)30)11-24(2,3)12-20(17)28/h4-7,10,13H,8-9,11-12H2,1-3H3,(H,25,29)(H,27,30). The summed E-state index contributed by atoms with van der Waals surface area (Å²) in [6, 6.07) is 9.64. The number of carbonyl (C=O) groups excluding carboxylic acids is 2. The first-order valence-electron chi connectivity index (χ1n) is 10.3. The molecule has 1 aliphatic carbocycles. The van der Waals surface area contributed by atoms with Gasteiger partial charge in [0.25, 0.3) is 11.5 Å². The van der Waals surface area contributed by atoms with Crippen molar-refractivity contribution in [1.82, 2.24) is 15.3 Å². The molecule has 4 rings (SSSR count). The van der Waals surface area contributed by atoms with E-state index >= 15 is 0 Å². The number of hydrogen-bond acceptors (Lipinski definition) is 5. The van der Waals surface area contributed by atoms with Crippen LogP contribution in [0.5, 0.6) is 0 Å². The molecule has 3 aromatic rings. The number of pyridine rings is 1. The van der Waals surface area contributed by atoms with Crippen molar-refractivity contribution in [3.63, 3.8) is 0 Å². The van der Waals surface area contributed by atoms with Crippen molar-refractivity contribution in [2.24, 2.45) is 5.41 Å². The number of thiazole rings is 1. The molecule has 160 valence electrons. The van der Waals surface area contributed by atoms with Gasteiger partial charge in [-0.1, -0.05) is 43.7 Å². The van der Waals surface area contributed by atoms with E-state index in [2.05, 4.69) is 27.4 Å². The van der Waals surface area contributed by atoms with Crippen LogP contribution in [0.3, 0.4) is 0 Å². The summed E-state index contributed by atoms with van der Waals surface area (Å²) in [6.07, 6.45) is 1.57. The summed E-state index contributed by atoms with van der Waals surface area (Å²) in [5.74, 6) is -0.515. The number of ketones is 1. The van der Waals surface area contributed by atoms with E-state index < -0.39 is 11.5 Å². The van der Waals surface area contributed by atoms with Crippen LogP contribution >= 0.6 is 11.3 Å². The summed E-state index contributed by atoms with van der Waals surface area (Å²) in [7, 11) is 0. The van der Waals surface area contributed by atoms with Gasteiger partial charge < -0.3 is 10.3 Å². The van der Waals surface area contributed by atoms with Crippen LogP contribution in [0.4, 0.5) is 0 Å². The lowest BCUT2D eigenvalue weighted by Crippen LogP contribution is -2.35. The number of amides is 1. The summed E-state index contributed by atoms with van der Waals surface area (Å²) >= 11 is 1.57. The first kappa shape index (κ1) is 21.2. The van der Waals surface area contributed by atoms with Gasteiger partial charge in [0.05, 0.1) is 5.69 Å². The monoisotopic (exact) mass is 435 g/mol. The molecular weight excluding hydrogens is 410 g/mol. The second-order valence-corrected chi connectivity index (χ2v) is 9.72. The van der Waals surface area contributed by atoms with Crippen LogP contribution in [-0.2, 0) is 12.8 Å². The predicted molar refractivity (Wildman–Crippen MR) is 122 cm³/mol. The second kappa shape index (κ2) is 8.23. The zero-order valence-electron chi connectivity index (χ0n) is 17.9. The molecule has 0 fully saturated rings. The molecule has 2 heterocycles. The molecule has 0 aliphatic heterocycles. The fraction of sp³-hybridized carbons (Fsp3) is 0.333. The van der Waals surface area contributed by atoms with Crippen molar-refractivity contribution in [1.29, 1.82) is 0 Å². The van der Waals surface area contributed by atoms with Crippen molar-refractivity contribution in [2.75, 3.05) is 6.54 Å². The minimum absolute atomic E-state index is 0.0228. The van der Waals surface area contributed by atoms with E-state index in [1.54, 1.807) is 11.3 Å². The molecule has 2 aromatic heterocycles. The Morgan fingerprint density at radius 1 is 1.19 bits per heavy atom. The van der Waals surface area contributed by atoms with E-state index in [1.165, 1.54) is 11.6 Å². The summed E-state index contributed by atoms with van der Waals surface area (Å²) < 4.78 is 0. The van der Waals surface area contributed by atoms with Gasteiger partial charge in [0.2, 0.25) is 0 Å². The van der Waals surface area contributed by atoms with Crippen molar-refractivity contribution >= 4 is 23.0 Å². The van der Waals surface area contributed by atoms with Crippen LogP contribution < -0.4 is 10.9 Å². The van der Waals surface area contributed by atoms with E-state index in [-0.39, 0.29) is 16.8 Å². The van der Waals surface area contributed by atoms with Gasteiger partial charge in [-0.25, -0.2) is 4.98 Å². The van der Waals surface area contributed by atoms with E-state index in [4.69, 9.17) is 0 Å². The molecule has 0 atom stereocenters. The Hall–Kier alpha value is -3.06. The highest BCUT2D eigenvalue weighted by atomic mass is 32.1. The first-order chi connectivity index (χ1) is 14.7. The summed E-state index contributed by atoms with van der Waals surface area (Å²) in [5.41, 5.74) is 3.55. The summed E-state index contributed by atoms with van der Waals surface area (Å²) in [4.78, 5) is 44.8. The highest BCUT2D eigenvalue weighted by Gasteiger charge is 2.32. The number of Topliss-reactive ketones (excluding diaryl/α,β-unsaturated/α-hetero) is 1. The predicted octanol–water partition coefficient (Wildman–Crippen LogP) is 3.93. The van der Waals surface area contributed by atoms with Gasteiger partial charge in [-0.3, -0.25) is 14.4 Å². The number of rotatable bonds is 5. The largest absolute Gasteiger partial charge is 0.351 e. The van der Waals surface area contributed by atoms with Crippen LogP contribution in [0, 0.1) is 12.3 Å². The number of H-pyrrole nitrogens is 1. The Kier molecular flexibility index (Phi) is 5.62. The van der Waals surface area contributed by atoms with Gasteiger partial charge in [0, 0.05) is 41.6 Å². The number of aromatic amines is 1. The minimum Gasteiger partial charge on any atom is -0.351 e. The maximum absolute atomic E-state index is 12.6. The van der Waals surface area contributed by atoms with Crippen LogP contribution in [0.1, 0.15) is 57.9 Å². The molecule has 0 spiro atoms. The molecule has 0 saturated heterocycles. The molecule has 1 amide bonds. The normalized spacial score (nSPS) is 14.9. The third-order valence-corrected chi connectivity index (χ3v) is 6.42. The highest BCUT2D eigenvalue weighted by molar-refractivity contribution is 7.13. The molecule has 31 heavy (non-hydrogen) atoms. The SMILES string of the molecule is Cc1ccc(-c2nc(CCNC(=O)c3cc4c([nH]c3=O)CC(C)(C)CC4=O)cs2)cc1. The quantitative estimate of drug-likeness (QED) is 0.635. The molecule has 0 saturated carbocycles. The minimum atomic E-state index is -0.476. The Morgan fingerprint density at radius 3 is 2.68 bits per heavy atom. The van der Waals surface area contributed by atoms with Crippen molar-refractivity contribution < 1.29 is 9.59 Å². The molecule has 1 aliphatic rings. The van der Waals surface area contributed by atoms with Gasteiger partial charge in [-0.2, -0.15) is 0 Å². The average molecular weight is 436 g/mol. The molecule has 0 radical (unpaired) electrons. The van der Waals surface area contributed by atoms with Gasteiger partial charge in [0.1, 0.15) is 10.6 Å². The Morgan fingerprint density at radius 2 is 1.94 bits per heavy atom. The summed E-state index contributed by atoms with van der Waals surface area (Å²) in [6.45, 7) is 6.39. The van der Waals surface area contributed by atoms with Crippen molar-refractivity contribution in [2.45, 2.75) is 40.0 Å². The Bertz CT molecular complexity index is 1210. The molecule has 2 N–H and O–H groups in total. The second-order valence-electron chi connectivity index (χ2n) is 8.86. The van der Waals surface area contributed by atoms with Crippen LogP contribution in [0.15, 0.2) is 40.5 Å². The number of fused-ring (bicyclic) bond motifs is 1. The third kappa shape index (κ3) is 4.66. The maximum Gasteiger partial charge on any atom is 0.261 e. The Balaban J connectivity index is 1.41. The zero-order valence-corrected chi connectivity index (χ0v) is 18.7. The Labute approximate surface area is 184 Å². The third-order valence-electron chi connectivity index (χ3n) is 5.48. The zero-order chi connectivity index (χ0) is 22.2. The molecule has 1 aromatic carbocycles. The van der Waals surface area contributed by atoms with E-state index in [1.807, 2.05) is 38.3 Å². The van der Waals surface area contributed by atoms with Crippen LogP contribution in [-0.4, -0.2) is 28.2 Å². The highest BCUT2D eigenvalue weighted by Crippen LogP contribution is 2.33. The van der Waals surface area contributed by atoms with Gasteiger partial charge in [0.15, 0.2) is 5.78 Å². The van der Waals surface area contributed by atoms with Crippen molar-refractivity contribution in [3.05, 3.63) is 74.1 Å². The first-order valence-corrected chi connectivity index (χ1v) is 11.2.